The third-order valence-corrected chi connectivity index (χ3v) is 4.14. The lowest BCUT2D eigenvalue weighted by atomic mass is 10.0. The lowest BCUT2D eigenvalue weighted by Gasteiger charge is -2.17. The predicted octanol–water partition coefficient (Wildman–Crippen LogP) is 5.27. The third-order valence-electron chi connectivity index (χ3n) is 3.83. The van der Waals surface area contributed by atoms with Gasteiger partial charge in [-0.25, -0.2) is 0 Å². The second-order valence-electron chi connectivity index (χ2n) is 5.73. The van der Waals surface area contributed by atoms with E-state index in [9.17, 15) is 4.79 Å². The molecule has 0 saturated heterocycles. The van der Waals surface area contributed by atoms with Gasteiger partial charge in [-0.05, 0) is 61.4 Å². The molecule has 0 amide bonds. The molecule has 0 aliphatic rings. The fourth-order valence-corrected chi connectivity index (χ4v) is 2.63. The van der Waals surface area contributed by atoms with Crippen molar-refractivity contribution in [1.29, 1.82) is 0 Å². The molecule has 0 bridgehead atoms. The maximum absolute atomic E-state index is 10.2. The van der Waals surface area contributed by atoms with Crippen LogP contribution in [0.1, 0.15) is 44.2 Å². The first kappa shape index (κ1) is 22.8. The van der Waals surface area contributed by atoms with Gasteiger partial charge >= 0.3 is 0 Å². The van der Waals surface area contributed by atoms with Crippen LogP contribution in [0.5, 0.6) is 11.5 Å². The Labute approximate surface area is 166 Å². The molecule has 6 heteroatoms. The van der Waals surface area contributed by atoms with Crippen LogP contribution in [0.3, 0.4) is 0 Å². The van der Waals surface area contributed by atoms with Gasteiger partial charge in [-0.1, -0.05) is 37.0 Å². The van der Waals surface area contributed by atoms with E-state index in [-0.39, 0.29) is 11.1 Å². The quantitative estimate of drug-likeness (QED) is 0.313. The first-order chi connectivity index (χ1) is 12.6. The van der Waals surface area contributed by atoms with Gasteiger partial charge in [0, 0.05) is 6.61 Å². The Morgan fingerprint density at radius 1 is 0.962 bits per heavy atom. The van der Waals surface area contributed by atoms with Gasteiger partial charge in [-0.15, -0.1) is 0 Å². The third kappa shape index (κ3) is 8.93. The number of benzene rings is 1. The number of ether oxygens (including phenoxy) is 3. The Bertz CT molecular complexity index is 544. The lowest BCUT2D eigenvalue weighted by Crippen LogP contribution is -2.05. The standard InChI is InChI=1S/C20H28Cl2O4/c1-3-16-14-18(25-12-8-19(21)22)15-17(4-2)20(16)26-11-7-5-6-10-24-13-9-23/h8-9,14-15H,3-7,10-13H2,1-2H3. The van der Waals surface area contributed by atoms with Crippen LogP contribution in [0, 0.1) is 0 Å². The van der Waals surface area contributed by atoms with Gasteiger partial charge in [0.15, 0.2) is 0 Å². The molecule has 0 aliphatic carbocycles. The summed E-state index contributed by atoms with van der Waals surface area (Å²) in [5, 5.41) is 0. The van der Waals surface area contributed by atoms with E-state index in [0.29, 0.717) is 19.8 Å². The maximum Gasteiger partial charge on any atom is 0.145 e. The Kier molecular flexibility index (Phi) is 12.2. The van der Waals surface area contributed by atoms with Crippen molar-refractivity contribution < 1.29 is 19.0 Å². The van der Waals surface area contributed by atoms with E-state index in [2.05, 4.69) is 13.8 Å². The number of carbonyl (C=O) groups excluding carboxylic acids is 1. The summed E-state index contributed by atoms with van der Waals surface area (Å²) in [4.78, 5) is 10.2. The van der Waals surface area contributed by atoms with Crippen LogP contribution in [-0.4, -0.2) is 32.7 Å². The molecular formula is C20H28Cl2O4. The fraction of sp³-hybridized carbons (Fsp3) is 0.550. The minimum atomic E-state index is 0.178. The summed E-state index contributed by atoms with van der Waals surface area (Å²) in [6.45, 7) is 6.00. The summed E-state index contributed by atoms with van der Waals surface area (Å²) >= 11 is 11.2. The maximum atomic E-state index is 10.2. The Hall–Kier alpha value is -1.23. The molecule has 1 aromatic carbocycles. The van der Waals surface area contributed by atoms with Crippen molar-refractivity contribution in [3.8, 4) is 11.5 Å². The average molecular weight is 403 g/mol. The Balaban J connectivity index is 2.57. The molecule has 26 heavy (non-hydrogen) atoms. The summed E-state index contributed by atoms with van der Waals surface area (Å²) in [5.74, 6) is 1.76. The first-order valence-electron chi connectivity index (χ1n) is 9.06. The van der Waals surface area contributed by atoms with E-state index >= 15 is 0 Å². The number of halogens is 2. The molecule has 4 nitrogen and oxygen atoms in total. The molecule has 1 rings (SSSR count). The highest BCUT2D eigenvalue weighted by molar-refractivity contribution is 6.55. The van der Waals surface area contributed by atoms with Crippen molar-refractivity contribution >= 4 is 29.5 Å². The molecule has 146 valence electrons. The lowest BCUT2D eigenvalue weighted by molar-refractivity contribution is -0.111. The molecule has 0 aromatic heterocycles. The van der Waals surface area contributed by atoms with Crippen LogP contribution in [0.15, 0.2) is 22.7 Å². The molecule has 1 aromatic rings. The molecule has 0 fully saturated rings. The normalized spacial score (nSPS) is 10.5. The number of aryl methyl sites for hydroxylation is 2. The van der Waals surface area contributed by atoms with Gasteiger partial charge in [0.1, 0.15) is 35.5 Å². The summed E-state index contributed by atoms with van der Waals surface area (Å²) in [5.41, 5.74) is 2.27. The molecule has 0 aliphatic heterocycles. The predicted molar refractivity (Wildman–Crippen MR) is 107 cm³/mol. The van der Waals surface area contributed by atoms with Gasteiger partial charge in [0.2, 0.25) is 0 Å². The van der Waals surface area contributed by atoms with Crippen LogP contribution >= 0.6 is 23.2 Å². The summed E-state index contributed by atoms with van der Waals surface area (Å²) in [6.07, 6.45) is 7.01. The minimum Gasteiger partial charge on any atom is -0.493 e. The first-order valence-corrected chi connectivity index (χ1v) is 9.81. The van der Waals surface area contributed by atoms with Gasteiger partial charge in [0.05, 0.1) is 6.61 Å². The van der Waals surface area contributed by atoms with Crippen molar-refractivity contribution in [2.24, 2.45) is 0 Å². The van der Waals surface area contributed by atoms with Gasteiger partial charge in [-0.3, -0.25) is 0 Å². The van der Waals surface area contributed by atoms with Gasteiger partial charge in [-0.2, -0.15) is 0 Å². The van der Waals surface area contributed by atoms with E-state index in [4.69, 9.17) is 37.4 Å². The highest BCUT2D eigenvalue weighted by atomic mass is 35.5. The van der Waals surface area contributed by atoms with E-state index in [0.717, 1.165) is 61.0 Å². The monoisotopic (exact) mass is 402 g/mol. The minimum absolute atomic E-state index is 0.178. The molecular weight excluding hydrogens is 375 g/mol. The zero-order valence-electron chi connectivity index (χ0n) is 15.6. The fourth-order valence-electron chi connectivity index (χ4n) is 2.51. The highest BCUT2D eigenvalue weighted by Gasteiger charge is 2.11. The molecule has 0 heterocycles. The smallest absolute Gasteiger partial charge is 0.145 e. The number of hydrogen-bond acceptors (Lipinski definition) is 4. The number of carbonyl (C=O) groups is 1. The number of rotatable bonds is 14. The summed E-state index contributed by atoms with van der Waals surface area (Å²) in [7, 11) is 0. The van der Waals surface area contributed by atoms with E-state index in [1.54, 1.807) is 6.08 Å². The SMILES string of the molecule is CCc1cc(OCC=C(Cl)Cl)cc(CC)c1OCCCCCOCC=O. The van der Waals surface area contributed by atoms with Crippen molar-refractivity contribution in [1.82, 2.24) is 0 Å². The van der Waals surface area contributed by atoms with Crippen molar-refractivity contribution in [2.75, 3.05) is 26.4 Å². The summed E-state index contributed by atoms with van der Waals surface area (Å²) < 4.78 is 17.1. The van der Waals surface area contributed by atoms with Crippen LogP contribution in [0.4, 0.5) is 0 Å². The largest absolute Gasteiger partial charge is 0.493 e. The number of unbranched alkanes of at least 4 members (excludes halogenated alkanes) is 2. The van der Waals surface area contributed by atoms with Crippen molar-refractivity contribution in [3.63, 3.8) is 0 Å². The number of hydrogen-bond donors (Lipinski definition) is 0. The van der Waals surface area contributed by atoms with Crippen LogP contribution in [0.2, 0.25) is 0 Å². The molecule has 0 saturated carbocycles. The zero-order valence-corrected chi connectivity index (χ0v) is 17.1. The van der Waals surface area contributed by atoms with Crippen LogP contribution in [0.25, 0.3) is 0 Å². The summed E-state index contributed by atoms with van der Waals surface area (Å²) in [6, 6.07) is 4.02. The van der Waals surface area contributed by atoms with E-state index < -0.39 is 0 Å². The Morgan fingerprint density at radius 2 is 1.62 bits per heavy atom. The molecule has 0 atom stereocenters. The number of aldehydes is 1. The molecule has 0 radical (unpaired) electrons. The van der Waals surface area contributed by atoms with E-state index in [1.165, 1.54) is 0 Å². The zero-order chi connectivity index (χ0) is 19.2. The molecule has 0 N–H and O–H groups in total. The van der Waals surface area contributed by atoms with Crippen molar-refractivity contribution in [3.05, 3.63) is 33.8 Å². The van der Waals surface area contributed by atoms with Crippen molar-refractivity contribution in [2.45, 2.75) is 46.0 Å². The van der Waals surface area contributed by atoms with Gasteiger partial charge < -0.3 is 19.0 Å². The van der Waals surface area contributed by atoms with Crippen LogP contribution in [-0.2, 0) is 22.4 Å². The molecule has 0 unspecified atom stereocenters. The molecule has 0 spiro atoms. The van der Waals surface area contributed by atoms with E-state index in [1.807, 2.05) is 12.1 Å². The average Bonchev–Trinajstić information content (AvgIpc) is 2.63. The Morgan fingerprint density at radius 3 is 2.19 bits per heavy atom. The second kappa shape index (κ2) is 13.9. The second-order valence-corrected chi connectivity index (χ2v) is 6.74. The topological polar surface area (TPSA) is 44.8 Å². The van der Waals surface area contributed by atoms with Gasteiger partial charge in [0.25, 0.3) is 0 Å². The highest BCUT2D eigenvalue weighted by Crippen LogP contribution is 2.31. The van der Waals surface area contributed by atoms with Crippen LogP contribution < -0.4 is 9.47 Å².